The first-order chi connectivity index (χ1) is 15.2. The van der Waals surface area contributed by atoms with E-state index in [2.05, 4.69) is 56.7 Å². The molecule has 4 nitrogen and oxygen atoms in total. The summed E-state index contributed by atoms with van der Waals surface area (Å²) < 4.78 is 7.23. The smallest absolute Gasteiger partial charge is 0.176 e. The summed E-state index contributed by atoms with van der Waals surface area (Å²) in [6.45, 7) is 5.84. The van der Waals surface area contributed by atoms with Crippen LogP contribution in [0.25, 0.3) is 0 Å². The Labute approximate surface area is 200 Å². The van der Waals surface area contributed by atoms with Crippen LogP contribution in [0.4, 0.5) is 0 Å². The number of halogens is 1. The van der Waals surface area contributed by atoms with Crippen molar-refractivity contribution in [3.8, 4) is 5.75 Å². The molecule has 166 valence electrons. The number of carbonyl (C=O) groups is 1. The maximum absolute atomic E-state index is 12.8. The van der Waals surface area contributed by atoms with Crippen LogP contribution in [0.5, 0.6) is 5.75 Å². The second-order valence-corrected chi connectivity index (χ2v) is 9.98. The third kappa shape index (κ3) is 6.53. The molecule has 2 aliphatic rings. The van der Waals surface area contributed by atoms with Crippen molar-refractivity contribution in [2.24, 2.45) is 0 Å². The average Bonchev–Trinajstić information content (AvgIpc) is 3.26. The van der Waals surface area contributed by atoms with Gasteiger partial charge in [0, 0.05) is 21.7 Å². The van der Waals surface area contributed by atoms with Gasteiger partial charge < -0.3 is 9.64 Å². The van der Waals surface area contributed by atoms with Crippen molar-refractivity contribution in [3.63, 3.8) is 0 Å². The van der Waals surface area contributed by atoms with Gasteiger partial charge in [0.15, 0.2) is 5.78 Å². The molecule has 2 aromatic carbocycles. The summed E-state index contributed by atoms with van der Waals surface area (Å²) in [5.41, 5.74) is 2.07. The molecule has 5 heteroatoms. The molecule has 2 saturated heterocycles. The number of piperidine rings is 1. The van der Waals surface area contributed by atoms with Crippen molar-refractivity contribution in [2.45, 2.75) is 44.6 Å². The quantitative estimate of drug-likeness (QED) is 0.240. The SMILES string of the molecule is O=C(CN1CCCC1c1cccc(OCCCN2CCCCC2)c1)c1ccc(I)cc1. The zero-order chi connectivity index (χ0) is 21.5. The number of carbonyl (C=O) groups excluding carboxylic acids is 1. The Morgan fingerprint density at radius 3 is 2.61 bits per heavy atom. The first kappa shape index (κ1) is 22.7. The van der Waals surface area contributed by atoms with Crippen LogP contribution >= 0.6 is 22.6 Å². The number of Topliss-reactive ketones (excluding diaryl/α,β-unsaturated/α-hetero) is 1. The molecule has 0 radical (unpaired) electrons. The fourth-order valence-electron chi connectivity index (χ4n) is 4.78. The molecular weight excluding hydrogens is 499 g/mol. The maximum atomic E-state index is 12.8. The van der Waals surface area contributed by atoms with E-state index in [0.717, 1.165) is 53.8 Å². The molecule has 2 aliphatic heterocycles. The van der Waals surface area contributed by atoms with E-state index in [4.69, 9.17) is 4.74 Å². The van der Waals surface area contributed by atoms with Gasteiger partial charge in [-0.3, -0.25) is 9.69 Å². The van der Waals surface area contributed by atoms with Crippen LogP contribution in [0.15, 0.2) is 48.5 Å². The first-order valence-electron chi connectivity index (χ1n) is 11.7. The summed E-state index contributed by atoms with van der Waals surface area (Å²) in [6, 6.07) is 16.7. The molecule has 0 amide bonds. The van der Waals surface area contributed by atoms with Crippen molar-refractivity contribution in [1.82, 2.24) is 9.80 Å². The van der Waals surface area contributed by atoms with Gasteiger partial charge >= 0.3 is 0 Å². The number of ketones is 1. The lowest BCUT2D eigenvalue weighted by atomic mass is 10.0. The zero-order valence-electron chi connectivity index (χ0n) is 18.3. The number of hydrogen-bond donors (Lipinski definition) is 0. The van der Waals surface area contributed by atoms with Gasteiger partial charge in [-0.25, -0.2) is 0 Å². The molecule has 4 rings (SSSR count). The zero-order valence-corrected chi connectivity index (χ0v) is 20.4. The van der Waals surface area contributed by atoms with Gasteiger partial charge in [-0.15, -0.1) is 0 Å². The van der Waals surface area contributed by atoms with Crippen LogP contribution in [0.1, 0.15) is 60.5 Å². The van der Waals surface area contributed by atoms with Gasteiger partial charge in [-0.05, 0) is 104 Å². The molecule has 0 bridgehead atoms. The highest BCUT2D eigenvalue weighted by atomic mass is 127. The van der Waals surface area contributed by atoms with Crippen molar-refractivity contribution in [3.05, 3.63) is 63.2 Å². The lowest BCUT2D eigenvalue weighted by Crippen LogP contribution is -2.31. The molecular formula is C26H33IN2O2. The van der Waals surface area contributed by atoms with Gasteiger partial charge in [-0.1, -0.05) is 30.7 Å². The molecule has 2 heterocycles. The minimum atomic E-state index is 0.202. The summed E-state index contributed by atoms with van der Waals surface area (Å²) in [4.78, 5) is 17.7. The van der Waals surface area contributed by atoms with E-state index in [1.54, 1.807) is 0 Å². The fraction of sp³-hybridized carbons (Fsp3) is 0.500. The second kappa shape index (κ2) is 11.4. The summed E-state index contributed by atoms with van der Waals surface area (Å²) in [6.07, 6.45) is 7.36. The van der Waals surface area contributed by atoms with Gasteiger partial charge in [0.25, 0.3) is 0 Å². The van der Waals surface area contributed by atoms with Crippen molar-refractivity contribution < 1.29 is 9.53 Å². The highest BCUT2D eigenvalue weighted by Crippen LogP contribution is 2.33. The van der Waals surface area contributed by atoms with Crippen LogP contribution in [0, 0.1) is 3.57 Å². The summed E-state index contributed by atoms with van der Waals surface area (Å²) in [5.74, 6) is 1.15. The number of nitrogens with zero attached hydrogens (tertiary/aromatic N) is 2. The standard InChI is InChI=1S/C26H33IN2O2/c27-23-12-10-21(11-13-23)26(30)20-29-17-5-9-25(29)22-7-4-8-24(19-22)31-18-6-16-28-14-2-1-3-15-28/h4,7-8,10-13,19,25H,1-3,5-6,9,14-18,20H2. The molecule has 31 heavy (non-hydrogen) atoms. The number of ether oxygens (including phenoxy) is 1. The van der Waals surface area contributed by atoms with Gasteiger partial charge in [0.2, 0.25) is 0 Å². The van der Waals surface area contributed by atoms with Crippen LogP contribution in [0.3, 0.4) is 0 Å². The third-order valence-electron chi connectivity index (χ3n) is 6.46. The lowest BCUT2D eigenvalue weighted by Gasteiger charge is -2.26. The molecule has 0 aromatic heterocycles. The normalized spacial score (nSPS) is 20.1. The van der Waals surface area contributed by atoms with E-state index in [1.807, 2.05) is 24.3 Å². The van der Waals surface area contributed by atoms with E-state index in [1.165, 1.54) is 37.9 Å². The molecule has 2 fully saturated rings. The van der Waals surface area contributed by atoms with E-state index >= 15 is 0 Å². The Balaban J connectivity index is 1.30. The Morgan fingerprint density at radius 2 is 1.81 bits per heavy atom. The fourth-order valence-corrected chi connectivity index (χ4v) is 5.14. The highest BCUT2D eigenvalue weighted by molar-refractivity contribution is 14.1. The third-order valence-corrected chi connectivity index (χ3v) is 7.17. The monoisotopic (exact) mass is 532 g/mol. The Kier molecular flexibility index (Phi) is 8.39. The minimum absolute atomic E-state index is 0.202. The maximum Gasteiger partial charge on any atom is 0.176 e. The average molecular weight is 532 g/mol. The summed E-state index contributed by atoms with van der Waals surface area (Å²) >= 11 is 2.27. The topological polar surface area (TPSA) is 32.8 Å². The molecule has 0 saturated carbocycles. The number of rotatable bonds is 9. The molecule has 1 unspecified atom stereocenters. The Hall–Kier alpha value is -1.44. The highest BCUT2D eigenvalue weighted by Gasteiger charge is 2.28. The minimum Gasteiger partial charge on any atom is -0.494 e. The number of hydrogen-bond acceptors (Lipinski definition) is 4. The van der Waals surface area contributed by atoms with Gasteiger partial charge in [-0.2, -0.15) is 0 Å². The van der Waals surface area contributed by atoms with Crippen LogP contribution < -0.4 is 4.74 Å². The van der Waals surface area contributed by atoms with Gasteiger partial charge in [0.1, 0.15) is 5.75 Å². The predicted octanol–water partition coefficient (Wildman–Crippen LogP) is 5.57. The molecule has 0 aliphatic carbocycles. The Morgan fingerprint density at radius 1 is 1.00 bits per heavy atom. The molecule has 2 aromatic rings. The number of benzene rings is 2. The van der Waals surface area contributed by atoms with Crippen molar-refractivity contribution >= 4 is 28.4 Å². The van der Waals surface area contributed by atoms with Crippen LogP contribution in [-0.4, -0.2) is 54.9 Å². The lowest BCUT2D eigenvalue weighted by molar-refractivity contribution is 0.0921. The molecule has 1 atom stereocenters. The first-order valence-corrected chi connectivity index (χ1v) is 12.7. The van der Waals surface area contributed by atoms with E-state index in [9.17, 15) is 4.79 Å². The largest absolute Gasteiger partial charge is 0.494 e. The van der Waals surface area contributed by atoms with Crippen molar-refractivity contribution in [1.29, 1.82) is 0 Å². The van der Waals surface area contributed by atoms with Crippen LogP contribution in [-0.2, 0) is 0 Å². The predicted molar refractivity (Wildman–Crippen MR) is 134 cm³/mol. The second-order valence-electron chi connectivity index (χ2n) is 8.74. The van der Waals surface area contributed by atoms with E-state index in [0.29, 0.717) is 12.6 Å². The van der Waals surface area contributed by atoms with E-state index < -0.39 is 0 Å². The summed E-state index contributed by atoms with van der Waals surface area (Å²) in [5, 5.41) is 0. The van der Waals surface area contributed by atoms with E-state index in [-0.39, 0.29) is 5.78 Å². The van der Waals surface area contributed by atoms with Crippen molar-refractivity contribution in [2.75, 3.05) is 39.3 Å². The van der Waals surface area contributed by atoms with Crippen LogP contribution in [0.2, 0.25) is 0 Å². The Bertz CT molecular complexity index is 849. The summed E-state index contributed by atoms with van der Waals surface area (Å²) in [7, 11) is 0. The molecule has 0 N–H and O–H groups in total. The molecule has 0 spiro atoms. The number of likely N-dealkylation sites (tertiary alicyclic amines) is 2. The van der Waals surface area contributed by atoms with Gasteiger partial charge in [0.05, 0.1) is 13.2 Å².